The van der Waals surface area contributed by atoms with Gasteiger partial charge in [0.05, 0.1) is 24.4 Å². The van der Waals surface area contributed by atoms with Crippen molar-refractivity contribution in [1.82, 2.24) is 4.90 Å². The topological polar surface area (TPSA) is 44.8 Å². The van der Waals surface area contributed by atoms with E-state index in [4.69, 9.17) is 4.74 Å². The Hall–Kier alpha value is -2.74. The lowest BCUT2D eigenvalue weighted by Gasteiger charge is -2.38. The Morgan fingerprint density at radius 2 is 1.66 bits per heavy atom. The number of hydrogen-bond donors (Lipinski definition) is 1. The van der Waals surface area contributed by atoms with Crippen LogP contribution in [-0.4, -0.2) is 50.1 Å². The van der Waals surface area contributed by atoms with E-state index in [1.54, 1.807) is 14.0 Å². The van der Waals surface area contributed by atoms with Crippen LogP contribution in [0.15, 0.2) is 48.5 Å². The van der Waals surface area contributed by atoms with Crippen molar-refractivity contribution >= 4 is 17.3 Å². The van der Waals surface area contributed by atoms with Crippen LogP contribution in [-0.2, 0) is 11.0 Å². The summed E-state index contributed by atoms with van der Waals surface area (Å²) in [6.07, 6.45) is -4.52. The number of nitrogens with zero attached hydrogens (tertiary/aromatic N) is 2. The molecule has 0 bridgehead atoms. The van der Waals surface area contributed by atoms with Crippen molar-refractivity contribution in [2.45, 2.75) is 19.1 Å². The molecule has 8 heteroatoms. The molecule has 0 radical (unpaired) electrons. The van der Waals surface area contributed by atoms with Gasteiger partial charge in [0.15, 0.2) is 0 Å². The fourth-order valence-electron chi connectivity index (χ4n) is 3.40. The van der Waals surface area contributed by atoms with Crippen LogP contribution in [0.4, 0.5) is 24.5 Å². The van der Waals surface area contributed by atoms with Crippen LogP contribution < -0.4 is 15.0 Å². The highest BCUT2D eigenvalue weighted by Crippen LogP contribution is 2.34. The quantitative estimate of drug-likeness (QED) is 0.818. The van der Waals surface area contributed by atoms with E-state index in [0.717, 1.165) is 30.6 Å². The number of para-hydroxylation sites is 1. The van der Waals surface area contributed by atoms with Gasteiger partial charge in [0.25, 0.3) is 0 Å². The zero-order chi connectivity index (χ0) is 21.0. The first-order valence-corrected chi connectivity index (χ1v) is 9.39. The number of alkyl halides is 3. The molecule has 0 saturated carbocycles. The molecular formula is C21H24F3N3O2. The number of benzene rings is 2. The normalized spacial score (nSPS) is 16.4. The Morgan fingerprint density at radius 3 is 2.24 bits per heavy atom. The maximum Gasteiger partial charge on any atom is 0.418 e. The molecule has 3 rings (SSSR count). The summed E-state index contributed by atoms with van der Waals surface area (Å²) in [4.78, 5) is 16.8. The maximum atomic E-state index is 13.1. The van der Waals surface area contributed by atoms with Gasteiger partial charge < -0.3 is 15.0 Å². The van der Waals surface area contributed by atoms with E-state index in [0.29, 0.717) is 13.1 Å². The summed E-state index contributed by atoms with van der Waals surface area (Å²) < 4.78 is 44.6. The van der Waals surface area contributed by atoms with Gasteiger partial charge in [0.1, 0.15) is 5.75 Å². The average Bonchev–Trinajstić information content (AvgIpc) is 2.73. The third kappa shape index (κ3) is 5.00. The van der Waals surface area contributed by atoms with Gasteiger partial charge in [0, 0.05) is 31.9 Å². The number of amides is 1. The standard InChI is InChI=1S/C21H24F3N3O2/c1-15(20(28)25-19-6-4-3-5-18(19)21(22,23)24)26-11-13-27(14-12-26)16-7-9-17(29-2)10-8-16/h3-10,15H,11-14H2,1-2H3,(H,25,28). The molecule has 1 saturated heterocycles. The summed E-state index contributed by atoms with van der Waals surface area (Å²) in [6, 6.07) is 12.3. The molecule has 1 aliphatic heterocycles. The number of halogens is 3. The Balaban J connectivity index is 1.59. The maximum absolute atomic E-state index is 13.1. The summed E-state index contributed by atoms with van der Waals surface area (Å²) in [6.45, 7) is 4.45. The molecule has 156 valence electrons. The molecule has 0 aliphatic carbocycles. The molecule has 2 aromatic carbocycles. The Labute approximate surface area is 168 Å². The summed E-state index contributed by atoms with van der Waals surface area (Å²) in [5.74, 6) is 0.344. The predicted octanol–water partition coefficient (Wildman–Crippen LogP) is 3.86. The monoisotopic (exact) mass is 407 g/mol. The fourth-order valence-corrected chi connectivity index (χ4v) is 3.40. The van der Waals surface area contributed by atoms with Crippen LogP contribution in [0.25, 0.3) is 0 Å². The second kappa shape index (κ2) is 8.73. The van der Waals surface area contributed by atoms with E-state index in [9.17, 15) is 18.0 Å². The number of methoxy groups -OCH3 is 1. The molecular weight excluding hydrogens is 383 g/mol. The summed E-state index contributed by atoms with van der Waals surface area (Å²) in [7, 11) is 1.62. The van der Waals surface area contributed by atoms with Gasteiger partial charge in [-0.2, -0.15) is 13.2 Å². The molecule has 29 heavy (non-hydrogen) atoms. The molecule has 1 fully saturated rings. The van der Waals surface area contributed by atoms with Crippen LogP contribution in [0.1, 0.15) is 12.5 Å². The first kappa shape index (κ1) is 21.0. The van der Waals surface area contributed by atoms with E-state index in [2.05, 4.69) is 10.2 Å². The second-order valence-corrected chi connectivity index (χ2v) is 6.93. The Bertz CT molecular complexity index is 832. The second-order valence-electron chi connectivity index (χ2n) is 6.93. The Kier molecular flexibility index (Phi) is 6.32. The molecule has 1 atom stereocenters. The molecule has 2 aromatic rings. The van der Waals surface area contributed by atoms with E-state index in [1.165, 1.54) is 18.2 Å². The Morgan fingerprint density at radius 1 is 1.03 bits per heavy atom. The average molecular weight is 407 g/mol. The first-order valence-electron chi connectivity index (χ1n) is 9.39. The molecule has 1 aliphatic rings. The SMILES string of the molecule is COc1ccc(N2CCN(C(C)C(=O)Nc3ccccc3C(F)(F)F)CC2)cc1. The highest BCUT2D eigenvalue weighted by Gasteiger charge is 2.34. The van der Waals surface area contributed by atoms with Crippen molar-refractivity contribution < 1.29 is 22.7 Å². The zero-order valence-corrected chi connectivity index (χ0v) is 16.4. The minimum Gasteiger partial charge on any atom is -0.497 e. The number of carbonyl (C=O) groups is 1. The van der Waals surface area contributed by atoms with Gasteiger partial charge >= 0.3 is 6.18 Å². The first-order chi connectivity index (χ1) is 13.8. The van der Waals surface area contributed by atoms with Crippen molar-refractivity contribution in [3.63, 3.8) is 0 Å². The zero-order valence-electron chi connectivity index (χ0n) is 16.4. The molecule has 1 amide bonds. The van der Waals surface area contributed by atoms with Crippen LogP contribution in [0.3, 0.4) is 0 Å². The number of hydrogen-bond acceptors (Lipinski definition) is 4. The fraction of sp³-hybridized carbons (Fsp3) is 0.381. The molecule has 1 N–H and O–H groups in total. The van der Waals surface area contributed by atoms with Gasteiger partial charge in [-0.3, -0.25) is 9.69 Å². The largest absolute Gasteiger partial charge is 0.497 e. The minimum absolute atomic E-state index is 0.214. The van der Waals surface area contributed by atoms with Gasteiger partial charge in [-0.1, -0.05) is 12.1 Å². The smallest absolute Gasteiger partial charge is 0.418 e. The third-order valence-electron chi connectivity index (χ3n) is 5.17. The van der Waals surface area contributed by atoms with E-state index in [1.807, 2.05) is 29.2 Å². The van der Waals surface area contributed by atoms with E-state index in [-0.39, 0.29) is 5.69 Å². The number of carbonyl (C=O) groups excluding carboxylic acids is 1. The predicted molar refractivity (Wildman–Crippen MR) is 106 cm³/mol. The van der Waals surface area contributed by atoms with Crippen LogP contribution in [0.2, 0.25) is 0 Å². The molecule has 5 nitrogen and oxygen atoms in total. The number of ether oxygens (including phenoxy) is 1. The van der Waals surface area contributed by atoms with Gasteiger partial charge in [0.2, 0.25) is 5.91 Å². The summed E-state index contributed by atoms with van der Waals surface area (Å²) >= 11 is 0. The number of piperazine rings is 1. The summed E-state index contributed by atoms with van der Waals surface area (Å²) in [5.41, 5.74) is 0.0141. The van der Waals surface area contributed by atoms with E-state index < -0.39 is 23.7 Å². The lowest BCUT2D eigenvalue weighted by atomic mass is 10.1. The number of nitrogens with one attached hydrogen (secondary N) is 1. The van der Waals surface area contributed by atoms with Gasteiger partial charge in [-0.15, -0.1) is 0 Å². The molecule has 1 heterocycles. The van der Waals surface area contributed by atoms with Crippen LogP contribution in [0.5, 0.6) is 5.75 Å². The van der Waals surface area contributed by atoms with Crippen molar-refractivity contribution in [1.29, 1.82) is 0 Å². The highest BCUT2D eigenvalue weighted by atomic mass is 19.4. The number of anilines is 2. The van der Waals surface area contributed by atoms with Gasteiger partial charge in [-0.25, -0.2) is 0 Å². The third-order valence-corrected chi connectivity index (χ3v) is 5.17. The van der Waals surface area contributed by atoms with Crippen LogP contribution in [0, 0.1) is 0 Å². The lowest BCUT2D eigenvalue weighted by molar-refractivity contribution is -0.137. The molecule has 0 spiro atoms. The van der Waals surface area contributed by atoms with Crippen molar-refractivity contribution in [3.05, 3.63) is 54.1 Å². The number of rotatable bonds is 5. The summed E-state index contributed by atoms with van der Waals surface area (Å²) in [5, 5.41) is 2.44. The highest BCUT2D eigenvalue weighted by molar-refractivity contribution is 5.95. The van der Waals surface area contributed by atoms with Crippen molar-refractivity contribution in [2.75, 3.05) is 43.5 Å². The molecule has 1 unspecified atom stereocenters. The van der Waals surface area contributed by atoms with Gasteiger partial charge in [-0.05, 0) is 43.3 Å². The van der Waals surface area contributed by atoms with E-state index >= 15 is 0 Å². The van der Waals surface area contributed by atoms with Crippen LogP contribution >= 0.6 is 0 Å². The molecule has 0 aromatic heterocycles. The van der Waals surface area contributed by atoms with Crippen molar-refractivity contribution in [2.24, 2.45) is 0 Å². The minimum atomic E-state index is -4.52. The lowest BCUT2D eigenvalue weighted by Crippen LogP contribution is -2.52. The van der Waals surface area contributed by atoms with Crippen molar-refractivity contribution in [3.8, 4) is 5.75 Å².